The van der Waals surface area contributed by atoms with Crippen LogP contribution in [0, 0.1) is 0 Å². The topological polar surface area (TPSA) is 50.7 Å². The summed E-state index contributed by atoms with van der Waals surface area (Å²) in [5.41, 5.74) is 0. The Morgan fingerprint density at radius 1 is 1.12 bits per heavy atom. The van der Waals surface area contributed by atoms with Crippen molar-refractivity contribution in [1.82, 2.24) is 5.32 Å². The van der Waals surface area contributed by atoms with E-state index < -0.39 is 0 Å². The summed E-state index contributed by atoms with van der Waals surface area (Å²) in [6.07, 6.45) is 0.923. The number of hydrogen-bond acceptors (Lipinski definition) is 4. The Hall–Kier alpha value is -1.26. The van der Waals surface area contributed by atoms with E-state index in [1.807, 2.05) is 24.3 Å². The van der Waals surface area contributed by atoms with Crippen LogP contribution in [0.15, 0.2) is 24.3 Å². The normalized spacial score (nSPS) is 10.1. The minimum absolute atomic E-state index is 0.180. The van der Waals surface area contributed by atoms with Gasteiger partial charge in [0.05, 0.1) is 20.3 Å². The van der Waals surface area contributed by atoms with Crippen molar-refractivity contribution in [3.05, 3.63) is 24.3 Å². The lowest BCUT2D eigenvalue weighted by molar-refractivity contribution is 0.282. The third kappa shape index (κ3) is 5.00. The Kier molecular flexibility index (Phi) is 6.37. The summed E-state index contributed by atoms with van der Waals surface area (Å²) in [5.74, 6) is 1.68. The first kappa shape index (κ1) is 12.8. The molecule has 0 fully saturated rings. The standard InChI is InChI=1S/C12H19NO3/c1-15-11-3-5-12(6-4-11)16-10-2-7-13-8-9-14/h3-6,13-14H,2,7-10H2,1H3. The molecule has 0 aliphatic heterocycles. The van der Waals surface area contributed by atoms with Gasteiger partial charge in [0.25, 0.3) is 0 Å². The van der Waals surface area contributed by atoms with Crippen molar-refractivity contribution in [3.63, 3.8) is 0 Å². The molecule has 0 saturated carbocycles. The van der Waals surface area contributed by atoms with Crippen LogP contribution in [0.4, 0.5) is 0 Å². The van der Waals surface area contributed by atoms with Gasteiger partial charge in [-0.2, -0.15) is 0 Å². The second-order valence-electron chi connectivity index (χ2n) is 3.35. The summed E-state index contributed by atoms with van der Waals surface area (Å²) in [6.45, 7) is 2.35. The molecule has 0 amide bonds. The van der Waals surface area contributed by atoms with Crippen molar-refractivity contribution in [2.45, 2.75) is 6.42 Å². The fourth-order valence-electron chi connectivity index (χ4n) is 1.26. The Balaban J connectivity index is 2.12. The van der Waals surface area contributed by atoms with Gasteiger partial charge < -0.3 is 19.9 Å². The summed E-state index contributed by atoms with van der Waals surface area (Å²) in [5, 5.41) is 11.6. The summed E-state index contributed by atoms with van der Waals surface area (Å²) < 4.78 is 10.6. The van der Waals surface area contributed by atoms with Crippen molar-refractivity contribution in [1.29, 1.82) is 0 Å². The minimum Gasteiger partial charge on any atom is -0.497 e. The molecule has 4 nitrogen and oxygen atoms in total. The van der Waals surface area contributed by atoms with E-state index in [1.165, 1.54) is 0 Å². The fraction of sp³-hybridized carbons (Fsp3) is 0.500. The molecule has 4 heteroatoms. The zero-order chi connectivity index (χ0) is 11.6. The molecule has 0 aromatic heterocycles. The highest BCUT2D eigenvalue weighted by Gasteiger charge is 1.94. The van der Waals surface area contributed by atoms with Crippen LogP contribution < -0.4 is 14.8 Å². The molecule has 0 atom stereocenters. The predicted octanol–water partition coefficient (Wildman–Crippen LogP) is 1.05. The van der Waals surface area contributed by atoms with Crippen LogP contribution in [0.1, 0.15) is 6.42 Å². The van der Waals surface area contributed by atoms with E-state index in [9.17, 15) is 0 Å². The van der Waals surface area contributed by atoms with Gasteiger partial charge in [-0.25, -0.2) is 0 Å². The van der Waals surface area contributed by atoms with Crippen LogP contribution in [-0.2, 0) is 0 Å². The largest absolute Gasteiger partial charge is 0.497 e. The monoisotopic (exact) mass is 225 g/mol. The van der Waals surface area contributed by atoms with Gasteiger partial charge in [0, 0.05) is 6.54 Å². The van der Waals surface area contributed by atoms with Gasteiger partial charge in [0.1, 0.15) is 11.5 Å². The molecule has 0 unspecified atom stereocenters. The number of nitrogens with one attached hydrogen (secondary N) is 1. The van der Waals surface area contributed by atoms with E-state index in [4.69, 9.17) is 14.6 Å². The summed E-state index contributed by atoms with van der Waals surface area (Å²) in [4.78, 5) is 0. The Bertz CT molecular complexity index is 274. The lowest BCUT2D eigenvalue weighted by Gasteiger charge is -2.07. The van der Waals surface area contributed by atoms with Gasteiger partial charge in [-0.15, -0.1) is 0 Å². The van der Waals surface area contributed by atoms with Crippen LogP contribution in [-0.4, -0.2) is 38.5 Å². The Labute approximate surface area is 96.2 Å². The third-order valence-electron chi connectivity index (χ3n) is 2.11. The smallest absolute Gasteiger partial charge is 0.119 e. The van der Waals surface area contributed by atoms with E-state index in [0.717, 1.165) is 24.5 Å². The van der Waals surface area contributed by atoms with Gasteiger partial charge in [0.15, 0.2) is 0 Å². The highest BCUT2D eigenvalue weighted by Crippen LogP contribution is 2.16. The molecule has 0 saturated heterocycles. The number of rotatable bonds is 8. The van der Waals surface area contributed by atoms with Crippen LogP contribution in [0.3, 0.4) is 0 Å². The molecular formula is C12H19NO3. The van der Waals surface area contributed by atoms with E-state index in [1.54, 1.807) is 7.11 Å². The molecule has 0 aliphatic carbocycles. The number of aliphatic hydroxyl groups is 1. The molecule has 0 heterocycles. The van der Waals surface area contributed by atoms with Gasteiger partial charge in [-0.05, 0) is 37.2 Å². The predicted molar refractivity (Wildman–Crippen MR) is 63.1 cm³/mol. The molecule has 90 valence electrons. The lowest BCUT2D eigenvalue weighted by atomic mass is 10.3. The first-order valence-corrected chi connectivity index (χ1v) is 5.45. The van der Waals surface area contributed by atoms with Crippen molar-refractivity contribution in [2.24, 2.45) is 0 Å². The van der Waals surface area contributed by atoms with Crippen molar-refractivity contribution < 1.29 is 14.6 Å². The second kappa shape index (κ2) is 7.96. The fourth-order valence-corrected chi connectivity index (χ4v) is 1.26. The number of hydrogen-bond donors (Lipinski definition) is 2. The first-order chi connectivity index (χ1) is 7.86. The van der Waals surface area contributed by atoms with Crippen LogP contribution >= 0.6 is 0 Å². The van der Waals surface area contributed by atoms with E-state index >= 15 is 0 Å². The molecule has 1 aromatic rings. The zero-order valence-corrected chi connectivity index (χ0v) is 9.61. The molecule has 1 rings (SSSR count). The third-order valence-corrected chi connectivity index (χ3v) is 2.11. The van der Waals surface area contributed by atoms with E-state index in [2.05, 4.69) is 5.32 Å². The van der Waals surface area contributed by atoms with Crippen molar-refractivity contribution in [2.75, 3.05) is 33.4 Å². The second-order valence-corrected chi connectivity index (χ2v) is 3.35. The summed E-state index contributed by atoms with van der Waals surface area (Å²) in [7, 11) is 1.64. The maximum absolute atomic E-state index is 8.54. The number of methoxy groups -OCH3 is 1. The summed E-state index contributed by atoms with van der Waals surface area (Å²) >= 11 is 0. The average Bonchev–Trinajstić information content (AvgIpc) is 2.34. The summed E-state index contributed by atoms with van der Waals surface area (Å²) in [6, 6.07) is 7.53. The highest BCUT2D eigenvalue weighted by molar-refractivity contribution is 5.31. The van der Waals surface area contributed by atoms with Crippen LogP contribution in [0.5, 0.6) is 11.5 Å². The zero-order valence-electron chi connectivity index (χ0n) is 9.61. The number of ether oxygens (including phenoxy) is 2. The van der Waals surface area contributed by atoms with Crippen molar-refractivity contribution >= 4 is 0 Å². The van der Waals surface area contributed by atoms with Gasteiger partial charge in [-0.1, -0.05) is 0 Å². The van der Waals surface area contributed by atoms with E-state index in [-0.39, 0.29) is 6.61 Å². The quantitative estimate of drug-likeness (QED) is 0.649. The molecule has 2 N–H and O–H groups in total. The number of aliphatic hydroxyl groups excluding tert-OH is 1. The molecule has 0 radical (unpaired) electrons. The maximum Gasteiger partial charge on any atom is 0.119 e. The molecule has 1 aromatic carbocycles. The lowest BCUT2D eigenvalue weighted by Crippen LogP contribution is -2.20. The number of benzene rings is 1. The van der Waals surface area contributed by atoms with Crippen LogP contribution in [0.2, 0.25) is 0 Å². The molecule has 0 bridgehead atoms. The molecule has 0 spiro atoms. The molecular weight excluding hydrogens is 206 g/mol. The first-order valence-electron chi connectivity index (χ1n) is 5.45. The van der Waals surface area contributed by atoms with Gasteiger partial charge in [0.2, 0.25) is 0 Å². The molecule has 16 heavy (non-hydrogen) atoms. The van der Waals surface area contributed by atoms with Crippen molar-refractivity contribution in [3.8, 4) is 11.5 Å². The average molecular weight is 225 g/mol. The SMILES string of the molecule is COc1ccc(OCCCNCCO)cc1. The molecule has 0 aliphatic rings. The van der Waals surface area contributed by atoms with Crippen LogP contribution in [0.25, 0.3) is 0 Å². The minimum atomic E-state index is 0.180. The van der Waals surface area contributed by atoms with Gasteiger partial charge in [-0.3, -0.25) is 0 Å². The highest BCUT2D eigenvalue weighted by atomic mass is 16.5. The Morgan fingerprint density at radius 3 is 2.44 bits per heavy atom. The Morgan fingerprint density at radius 2 is 1.81 bits per heavy atom. The maximum atomic E-state index is 8.54. The van der Waals surface area contributed by atoms with E-state index in [0.29, 0.717) is 13.2 Å². The van der Waals surface area contributed by atoms with Gasteiger partial charge >= 0.3 is 0 Å².